The molecule has 4 heteroatoms. The summed E-state index contributed by atoms with van der Waals surface area (Å²) >= 11 is 10.6. The minimum Gasteiger partial charge on any atom is -0.234 e. The van der Waals surface area contributed by atoms with Crippen molar-refractivity contribution in [3.05, 3.63) is 0 Å². The molecule has 0 aliphatic carbocycles. The third-order valence-electron chi connectivity index (χ3n) is 0.683. The van der Waals surface area contributed by atoms with Crippen LogP contribution in [-0.2, 0) is 5.11 Å². The zero-order valence-corrected chi connectivity index (χ0v) is 6.69. The molecule has 0 aliphatic heterocycles. The van der Waals surface area contributed by atoms with Gasteiger partial charge in [-0.1, -0.05) is 6.92 Å². The average Bonchev–Trinajstić information content (AvgIpc) is 1.65. The van der Waals surface area contributed by atoms with Crippen molar-refractivity contribution in [2.45, 2.75) is 19.1 Å². The fourth-order valence-corrected chi connectivity index (χ4v) is 1.60. The Labute approximate surface area is 54.3 Å². The second-order valence-corrected chi connectivity index (χ2v) is 6.18. The van der Waals surface area contributed by atoms with E-state index in [1.807, 2.05) is 0 Å². The van der Waals surface area contributed by atoms with E-state index in [2.05, 4.69) is 0 Å². The van der Waals surface area contributed by atoms with Gasteiger partial charge in [-0.2, -0.15) is 0 Å². The van der Waals surface area contributed by atoms with Crippen LogP contribution < -0.4 is 0 Å². The predicted octanol–water partition coefficient (Wildman–Crippen LogP) is 1.43. The normalized spacial score (nSPS) is 15.0. The highest BCUT2D eigenvalue weighted by atomic mass is 35.7. The van der Waals surface area contributed by atoms with E-state index >= 15 is 0 Å². The summed E-state index contributed by atoms with van der Waals surface area (Å²) in [6, 6.07) is 0. The van der Waals surface area contributed by atoms with E-state index < -0.39 is 13.1 Å². The molecule has 0 saturated heterocycles. The minimum atomic E-state index is -1.88. The summed E-state index contributed by atoms with van der Waals surface area (Å²) in [6.45, 7) is 1.79. The molecule has 7 heavy (non-hydrogen) atoms. The van der Waals surface area contributed by atoms with Gasteiger partial charge in [0, 0.05) is 0 Å². The Morgan fingerprint density at radius 1 is 1.71 bits per heavy atom. The van der Waals surface area contributed by atoms with Gasteiger partial charge in [-0.15, -0.1) is 22.2 Å². The quantitative estimate of drug-likeness (QED) is 0.428. The highest BCUT2D eigenvalue weighted by Crippen LogP contribution is 2.05. The van der Waals surface area contributed by atoms with Crippen molar-refractivity contribution in [3.8, 4) is 0 Å². The molecule has 0 saturated carbocycles. The molecule has 0 spiro atoms. The summed E-state index contributed by atoms with van der Waals surface area (Å²) in [5, 5.41) is 10.4. The molecule has 0 heterocycles. The zero-order chi connectivity index (χ0) is 5.86. The van der Waals surface area contributed by atoms with E-state index in [-0.39, 0.29) is 0 Å². The summed E-state index contributed by atoms with van der Waals surface area (Å²) < 4.78 is 0. The molecule has 0 aromatic carbocycles. The molecule has 0 amide bonds. The maximum Gasteiger partial charge on any atom is 0.267 e. The first-order valence-corrected chi connectivity index (χ1v) is 6.28. The highest BCUT2D eigenvalue weighted by Gasteiger charge is 2.14. The van der Waals surface area contributed by atoms with E-state index in [1.165, 1.54) is 0 Å². The summed E-state index contributed by atoms with van der Waals surface area (Å²) in [5.74, 6) is 0. The smallest absolute Gasteiger partial charge is 0.234 e. The Balaban J connectivity index is 3.14. The summed E-state index contributed by atoms with van der Waals surface area (Å²) in [5.41, 5.74) is -0.677. The maximum atomic E-state index is 10.4. The van der Waals surface area contributed by atoms with Gasteiger partial charge in [-0.25, -0.2) is 5.11 Å². The molecule has 43 valence electrons. The van der Waals surface area contributed by atoms with E-state index in [0.717, 1.165) is 0 Å². The van der Waals surface area contributed by atoms with Crippen LogP contribution in [0.15, 0.2) is 0 Å². The van der Waals surface area contributed by atoms with Crippen LogP contribution in [0.1, 0.15) is 13.3 Å². The van der Waals surface area contributed by atoms with Gasteiger partial charge in [0.1, 0.15) is 5.73 Å². The summed E-state index contributed by atoms with van der Waals surface area (Å²) in [6.07, 6.45) is 0.559. The molecule has 1 atom stereocenters. The van der Waals surface area contributed by atoms with E-state index in [0.29, 0.717) is 6.42 Å². The van der Waals surface area contributed by atoms with Crippen molar-refractivity contribution in [1.29, 1.82) is 0 Å². The minimum absolute atomic E-state index is 0.559. The van der Waals surface area contributed by atoms with Crippen molar-refractivity contribution in [2.75, 3.05) is 0 Å². The third kappa shape index (κ3) is 3.35. The Hall–Kier alpha value is 0.757. The standard InChI is InChI=1S/C3H7Cl2OSi/c1-2-3(6)7(4)5/h3,7H,2H2,1H3. The molecule has 1 unspecified atom stereocenters. The molecule has 0 aromatic heterocycles. The first-order valence-electron chi connectivity index (χ1n) is 2.12. The Bertz CT molecular complexity index is 50.2. The molecule has 0 N–H and O–H groups in total. The fourth-order valence-electron chi connectivity index (χ4n) is 0.178. The number of rotatable bonds is 2. The maximum absolute atomic E-state index is 10.4. The van der Waals surface area contributed by atoms with Gasteiger partial charge in [0.25, 0.3) is 7.42 Å². The van der Waals surface area contributed by atoms with Crippen molar-refractivity contribution in [2.24, 2.45) is 0 Å². The predicted molar refractivity (Wildman–Crippen MR) is 33.6 cm³/mol. The van der Waals surface area contributed by atoms with Gasteiger partial charge < -0.3 is 0 Å². The van der Waals surface area contributed by atoms with Crippen LogP contribution in [0.2, 0.25) is 0 Å². The lowest BCUT2D eigenvalue weighted by molar-refractivity contribution is 0.152. The Morgan fingerprint density at radius 2 is 2.14 bits per heavy atom. The lowest BCUT2D eigenvalue weighted by Crippen LogP contribution is -2.16. The first-order chi connectivity index (χ1) is 3.18. The second kappa shape index (κ2) is 3.72. The first kappa shape index (κ1) is 7.76. The lowest BCUT2D eigenvalue weighted by atomic mass is 10.5. The highest BCUT2D eigenvalue weighted by molar-refractivity contribution is 7.34. The van der Waals surface area contributed by atoms with Gasteiger partial charge in [-0.05, 0) is 6.42 Å². The van der Waals surface area contributed by atoms with Crippen molar-refractivity contribution in [1.82, 2.24) is 0 Å². The largest absolute Gasteiger partial charge is 0.267 e. The number of halogens is 2. The van der Waals surface area contributed by atoms with Gasteiger partial charge in [0.05, 0.1) is 0 Å². The molecule has 0 fully saturated rings. The molecule has 0 bridgehead atoms. The van der Waals surface area contributed by atoms with Gasteiger partial charge in [-0.3, -0.25) is 0 Å². The van der Waals surface area contributed by atoms with Gasteiger partial charge in [0.2, 0.25) is 0 Å². The van der Waals surface area contributed by atoms with Gasteiger partial charge in [0.15, 0.2) is 0 Å². The molecule has 0 aromatic rings. The molecule has 1 nitrogen and oxygen atoms in total. The van der Waals surface area contributed by atoms with Crippen LogP contribution >= 0.6 is 22.2 Å². The topological polar surface area (TPSA) is 19.9 Å². The molecule has 1 radical (unpaired) electrons. The molecular weight excluding hydrogens is 151 g/mol. The number of hydrogen-bond acceptors (Lipinski definition) is 0. The van der Waals surface area contributed by atoms with Crippen LogP contribution in [0.25, 0.3) is 0 Å². The molecule has 0 aliphatic rings. The van der Waals surface area contributed by atoms with Crippen LogP contribution in [0.4, 0.5) is 0 Å². The van der Waals surface area contributed by atoms with Crippen molar-refractivity contribution >= 4 is 29.6 Å². The Kier molecular flexibility index (Phi) is 4.12. The number of hydrogen-bond donors (Lipinski definition) is 0. The lowest BCUT2D eigenvalue weighted by Gasteiger charge is -1.99. The van der Waals surface area contributed by atoms with E-state index in [9.17, 15) is 5.11 Å². The summed E-state index contributed by atoms with van der Waals surface area (Å²) in [7, 11) is -1.88. The van der Waals surface area contributed by atoms with E-state index in [1.54, 1.807) is 6.92 Å². The van der Waals surface area contributed by atoms with Crippen LogP contribution in [-0.4, -0.2) is 13.1 Å². The SMILES string of the molecule is CCC([O])[SiH](Cl)Cl. The third-order valence-corrected chi connectivity index (χ3v) is 3.40. The van der Waals surface area contributed by atoms with Crippen LogP contribution in [0, 0.1) is 0 Å². The van der Waals surface area contributed by atoms with E-state index in [4.69, 9.17) is 22.2 Å². The van der Waals surface area contributed by atoms with Crippen LogP contribution in [0.5, 0.6) is 0 Å². The second-order valence-electron chi connectivity index (χ2n) is 1.28. The monoisotopic (exact) mass is 157 g/mol. The average molecular weight is 158 g/mol. The molecular formula is C3H7Cl2OSi. The van der Waals surface area contributed by atoms with Crippen molar-refractivity contribution < 1.29 is 5.11 Å². The molecule has 0 rings (SSSR count). The van der Waals surface area contributed by atoms with Gasteiger partial charge >= 0.3 is 0 Å². The fraction of sp³-hybridized carbons (Fsp3) is 1.00. The van der Waals surface area contributed by atoms with Crippen molar-refractivity contribution in [3.63, 3.8) is 0 Å². The van der Waals surface area contributed by atoms with Crippen LogP contribution in [0.3, 0.4) is 0 Å². The summed E-state index contributed by atoms with van der Waals surface area (Å²) in [4.78, 5) is 0. The zero-order valence-electron chi connectivity index (χ0n) is 4.03. The Morgan fingerprint density at radius 3 is 2.14 bits per heavy atom.